The number of fused-ring (bicyclic) bond motifs is 1. The summed E-state index contributed by atoms with van der Waals surface area (Å²) in [6, 6.07) is 27.4. The van der Waals surface area contributed by atoms with Gasteiger partial charge in [-0.25, -0.2) is 4.58 Å². The summed E-state index contributed by atoms with van der Waals surface area (Å²) in [6.07, 6.45) is 9.78. The Labute approximate surface area is 215 Å². The van der Waals surface area contributed by atoms with Crippen molar-refractivity contribution in [1.29, 1.82) is 0 Å². The molecule has 3 aliphatic rings. The van der Waals surface area contributed by atoms with Crippen LogP contribution in [0, 0.1) is 0 Å². The van der Waals surface area contributed by atoms with Gasteiger partial charge in [-0.1, -0.05) is 42.5 Å². The van der Waals surface area contributed by atoms with E-state index in [0.717, 1.165) is 0 Å². The first-order valence-corrected chi connectivity index (χ1v) is 13.5. The Morgan fingerprint density at radius 3 is 1.53 bits per heavy atom. The number of anilines is 2. The van der Waals surface area contributed by atoms with Crippen LogP contribution in [0.3, 0.4) is 0 Å². The van der Waals surface area contributed by atoms with Crippen molar-refractivity contribution in [3.05, 3.63) is 107 Å². The van der Waals surface area contributed by atoms with Crippen molar-refractivity contribution in [2.45, 2.75) is 25.7 Å². The van der Waals surface area contributed by atoms with Gasteiger partial charge >= 0.3 is 0 Å². The maximum Gasteiger partial charge on any atom is 0.207 e. The third-order valence-corrected chi connectivity index (χ3v) is 7.91. The second-order valence-corrected chi connectivity index (χ2v) is 10.4. The first-order chi connectivity index (χ1) is 17.7. The third-order valence-electron chi connectivity index (χ3n) is 7.91. The lowest BCUT2D eigenvalue weighted by molar-refractivity contribution is -0.463. The van der Waals surface area contributed by atoms with Crippen molar-refractivity contribution in [3.8, 4) is 0 Å². The van der Waals surface area contributed by atoms with Gasteiger partial charge in [-0.2, -0.15) is 0 Å². The van der Waals surface area contributed by atoms with Crippen LogP contribution in [0.5, 0.6) is 0 Å². The summed E-state index contributed by atoms with van der Waals surface area (Å²) >= 11 is 0. The van der Waals surface area contributed by atoms with E-state index >= 15 is 0 Å². The molecule has 2 aliphatic heterocycles. The summed E-state index contributed by atoms with van der Waals surface area (Å²) < 4.78 is 2.21. The lowest BCUT2D eigenvalue weighted by atomic mass is 9.83. The second-order valence-electron chi connectivity index (χ2n) is 10.4. The molecule has 6 rings (SSSR count). The summed E-state index contributed by atoms with van der Waals surface area (Å²) in [6.45, 7) is 4.68. The van der Waals surface area contributed by atoms with Crippen molar-refractivity contribution in [1.82, 2.24) is 0 Å². The quantitative estimate of drug-likeness (QED) is 0.401. The van der Waals surface area contributed by atoms with Crippen LogP contribution in [0.15, 0.2) is 84.9 Å². The molecule has 0 amide bonds. The monoisotopic (exact) mass is 474 g/mol. The number of nitrogens with zero attached hydrogens (tertiary/aromatic N) is 3. The maximum atomic E-state index is 2.51. The van der Waals surface area contributed by atoms with Crippen molar-refractivity contribution < 1.29 is 4.58 Å². The maximum absolute atomic E-state index is 2.51. The lowest BCUT2D eigenvalue weighted by Crippen LogP contribution is -2.18. The molecule has 1 aliphatic carbocycles. The number of allylic oxidation sites excluding steroid dienone is 3. The molecule has 2 heterocycles. The molecule has 3 heteroatoms. The average molecular weight is 475 g/mol. The summed E-state index contributed by atoms with van der Waals surface area (Å²) in [5.41, 5.74) is 11.7. The normalized spacial score (nSPS) is 17.1. The lowest BCUT2D eigenvalue weighted by Gasteiger charge is -2.22. The molecule has 0 N–H and O–H groups in total. The molecule has 182 valence electrons. The molecule has 0 saturated carbocycles. The number of rotatable bonds is 4. The van der Waals surface area contributed by atoms with Gasteiger partial charge in [0.2, 0.25) is 5.71 Å². The SMILES string of the molecule is C[N+](C)=C1C=CC(=C(c2ccc(N3CCCC3)cc2)c2ccc(N3CCCC3)cc2)c2ccccc21. The van der Waals surface area contributed by atoms with Gasteiger partial charge in [0, 0.05) is 43.6 Å². The van der Waals surface area contributed by atoms with Gasteiger partial charge in [-0.3, -0.25) is 0 Å². The fourth-order valence-electron chi connectivity index (χ4n) is 6.00. The van der Waals surface area contributed by atoms with E-state index in [4.69, 9.17) is 0 Å². The van der Waals surface area contributed by atoms with Crippen LogP contribution < -0.4 is 9.80 Å². The molecule has 0 radical (unpaired) electrons. The third kappa shape index (κ3) is 4.28. The standard InChI is InChI=1S/C33H36N3/c1-34(2)32-20-19-31(29-9-3-4-10-30(29)32)33(25-11-15-27(16-12-25)35-21-5-6-22-35)26-13-17-28(18-14-26)36-23-7-8-24-36/h3-4,9-20H,5-8,21-24H2,1-2H3/q+1. The minimum absolute atomic E-state index is 1.17. The van der Waals surface area contributed by atoms with Crippen molar-refractivity contribution in [2.24, 2.45) is 0 Å². The number of hydrogen-bond donors (Lipinski definition) is 0. The van der Waals surface area contributed by atoms with Gasteiger partial charge < -0.3 is 9.80 Å². The Hall–Kier alpha value is -3.59. The van der Waals surface area contributed by atoms with E-state index in [1.165, 1.54) is 102 Å². The van der Waals surface area contributed by atoms with E-state index in [-0.39, 0.29) is 0 Å². The predicted molar refractivity (Wildman–Crippen MR) is 153 cm³/mol. The fraction of sp³-hybridized carbons (Fsp3) is 0.303. The van der Waals surface area contributed by atoms with E-state index in [1.807, 2.05) is 0 Å². The first kappa shape index (κ1) is 22.8. The largest absolute Gasteiger partial charge is 0.372 e. The van der Waals surface area contributed by atoms with Crippen LogP contribution >= 0.6 is 0 Å². The Morgan fingerprint density at radius 1 is 0.583 bits per heavy atom. The minimum atomic E-state index is 1.17. The van der Waals surface area contributed by atoms with Gasteiger partial charge in [0.05, 0.1) is 5.56 Å². The molecule has 2 saturated heterocycles. The Bertz CT molecular complexity index is 1260. The highest BCUT2D eigenvalue weighted by Crippen LogP contribution is 2.38. The molecule has 0 unspecified atom stereocenters. The zero-order valence-electron chi connectivity index (χ0n) is 21.6. The van der Waals surface area contributed by atoms with E-state index in [9.17, 15) is 0 Å². The predicted octanol–water partition coefficient (Wildman–Crippen LogP) is 6.48. The molecule has 36 heavy (non-hydrogen) atoms. The topological polar surface area (TPSA) is 9.49 Å². The molecule has 0 atom stereocenters. The van der Waals surface area contributed by atoms with Crippen molar-refractivity contribution in [2.75, 3.05) is 50.1 Å². The molecule has 3 nitrogen and oxygen atoms in total. The molecular formula is C33H36N3+. The summed E-state index contributed by atoms with van der Waals surface area (Å²) in [7, 11) is 4.25. The first-order valence-electron chi connectivity index (χ1n) is 13.5. The smallest absolute Gasteiger partial charge is 0.207 e. The molecule has 3 aromatic carbocycles. The van der Waals surface area contributed by atoms with Crippen LogP contribution in [-0.4, -0.2) is 50.6 Å². The second kappa shape index (κ2) is 9.81. The number of hydrogen-bond acceptors (Lipinski definition) is 2. The van der Waals surface area contributed by atoms with Gasteiger partial charge in [0.1, 0.15) is 14.1 Å². The summed E-state index contributed by atoms with van der Waals surface area (Å²) in [5.74, 6) is 0. The number of benzene rings is 3. The van der Waals surface area contributed by atoms with Crippen molar-refractivity contribution >= 4 is 28.2 Å². The average Bonchev–Trinajstić information content (AvgIpc) is 3.65. The van der Waals surface area contributed by atoms with Gasteiger partial charge in [-0.05, 0) is 89.9 Å². The Balaban J connectivity index is 1.49. The highest BCUT2D eigenvalue weighted by Gasteiger charge is 2.23. The highest BCUT2D eigenvalue weighted by molar-refractivity contribution is 6.17. The van der Waals surface area contributed by atoms with E-state index in [0.29, 0.717) is 0 Å². The molecule has 0 spiro atoms. The van der Waals surface area contributed by atoms with Crippen LogP contribution in [0.4, 0.5) is 11.4 Å². The Morgan fingerprint density at radius 2 is 1.06 bits per heavy atom. The van der Waals surface area contributed by atoms with Gasteiger partial charge in [-0.15, -0.1) is 0 Å². The molecule has 3 aromatic rings. The molecule has 0 bridgehead atoms. The van der Waals surface area contributed by atoms with E-state index in [2.05, 4.69) is 113 Å². The zero-order chi connectivity index (χ0) is 24.5. The Kier molecular flexibility index (Phi) is 6.23. The van der Waals surface area contributed by atoms with Crippen LogP contribution in [0.1, 0.15) is 47.9 Å². The highest BCUT2D eigenvalue weighted by atomic mass is 15.1. The summed E-state index contributed by atoms with van der Waals surface area (Å²) in [5, 5.41) is 0. The van der Waals surface area contributed by atoms with E-state index < -0.39 is 0 Å². The fourth-order valence-corrected chi connectivity index (χ4v) is 6.00. The van der Waals surface area contributed by atoms with Crippen LogP contribution in [0.25, 0.3) is 11.1 Å². The van der Waals surface area contributed by atoms with Gasteiger partial charge in [0.15, 0.2) is 0 Å². The van der Waals surface area contributed by atoms with Crippen LogP contribution in [0.2, 0.25) is 0 Å². The summed E-state index contributed by atoms with van der Waals surface area (Å²) in [4.78, 5) is 5.02. The van der Waals surface area contributed by atoms with E-state index in [1.54, 1.807) is 0 Å². The van der Waals surface area contributed by atoms with Gasteiger partial charge in [0.25, 0.3) is 0 Å². The zero-order valence-corrected chi connectivity index (χ0v) is 21.6. The molecule has 2 fully saturated rings. The molecular weight excluding hydrogens is 438 g/mol. The molecule has 0 aromatic heterocycles. The van der Waals surface area contributed by atoms with Crippen molar-refractivity contribution in [3.63, 3.8) is 0 Å². The minimum Gasteiger partial charge on any atom is -0.372 e. The van der Waals surface area contributed by atoms with Crippen LogP contribution in [-0.2, 0) is 0 Å².